The lowest BCUT2D eigenvalue weighted by molar-refractivity contribution is -0.141. The highest BCUT2D eigenvalue weighted by atomic mass is 35.5. The molecule has 1 saturated carbocycles. The summed E-state index contributed by atoms with van der Waals surface area (Å²) in [5, 5.41) is 13.9. The fraction of sp³-hybridized carbons (Fsp3) is 0.390. The van der Waals surface area contributed by atoms with Gasteiger partial charge in [-0.15, -0.1) is 0 Å². The van der Waals surface area contributed by atoms with Crippen molar-refractivity contribution in [2.75, 3.05) is 33.9 Å². The molecule has 2 aliphatic carbocycles. The Morgan fingerprint density at radius 2 is 1.75 bits per heavy atom. The summed E-state index contributed by atoms with van der Waals surface area (Å²) in [6, 6.07) is 20.4. The average Bonchev–Trinajstić information content (AvgIpc) is 3.90. The highest BCUT2D eigenvalue weighted by molar-refractivity contribution is 6.36. The van der Waals surface area contributed by atoms with Crippen LogP contribution in [0.1, 0.15) is 60.5 Å². The average molecular weight is 745 g/mol. The van der Waals surface area contributed by atoms with Crippen LogP contribution in [0.3, 0.4) is 0 Å². The molecule has 52 heavy (non-hydrogen) atoms. The Kier molecular flexibility index (Phi) is 11.0. The first-order valence-corrected chi connectivity index (χ1v) is 18.6. The molecule has 1 aromatic heterocycles. The highest BCUT2D eigenvalue weighted by Crippen LogP contribution is 2.45. The summed E-state index contributed by atoms with van der Waals surface area (Å²) in [5.41, 5.74) is 7.97. The molecule has 0 amide bonds. The number of ketones is 1. The number of hydrogen-bond donors (Lipinski definition) is 2. The Morgan fingerprint density at radius 1 is 0.942 bits per heavy atom. The third kappa shape index (κ3) is 7.64. The van der Waals surface area contributed by atoms with E-state index in [9.17, 15) is 14.7 Å². The number of fused-ring (bicyclic) bond motifs is 1. The number of carboxylic acid groups (broad SMARTS) is 1. The monoisotopic (exact) mass is 743 g/mol. The first-order valence-electron chi connectivity index (χ1n) is 17.9. The van der Waals surface area contributed by atoms with Crippen molar-refractivity contribution in [3.05, 3.63) is 93.0 Å². The molecule has 1 aliphatic heterocycles. The Bertz CT molecular complexity index is 1990. The van der Waals surface area contributed by atoms with Crippen molar-refractivity contribution in [3.63, 3.8) is 0 Å². The lowest BCUT2D eigenvalue weighted by atomic mass is 9.93. The summed E-state index contributed by atoms with van der Waals surface area (Å²) < 4.78 is 17.9. The van der Waals surface area contributed by atoms with Gasteiger partial charge in [-0.25, -0.2) is 0 Å². The van der Waals surface area contributed by atoms with Crippen molar-refractivity contribution in [2.24, 2.45) is 11.8 Å². The molecular weight excluding hydrogens is 701 g/mol. The highest BCUT2D eigenvalue weighted by Gasteiger charge is 2.31. The molecule has 11 heteroatoms. The number of aromatic nitrogens is 1. The normalized spacial score (nSPS) is 19.9. The van der Waals surface area contributed by atoms with E-state index in [2.05, 4.69) is 45.5 Å². The second kappa shape index (κ2) is 15.8. The number of nitrogens with zero attached hydrogens (tertiary/aromatic N) is 2. The van der Waals surface area contributed by atoms with Crippen LogP contribution < -0.4 is 19.5 Å². The predicted octanol–water partition coefficient (Wildman–Crippen LogP) is 8.17. The van der Waals surface area contributed by atoms with Gasteiger partial charge < -0.3 is 24.6 Å². The van der Waals surface area contributed by atoms with E-state index in [1.807, 2.05) is 30.3 Å². The number of halogens is 2. The second-order valence-corrected chi connectivity index (χ2v) is 14.8. The molecule has 2 N–H and O–H groups in total. The van der Waals surface area contributed by atoms with E-state index in [0.29, 0.717) is 78.9 Å². The largest absolute Gasteiger partial charge is 0.496 e. The Morgan fingerprint density at radius 3 is 2.50 bits per heavy atom. The molecule has 3 atom stereocenters. The smallest absolute Gasteiger partial charge is 0.307 e. The number of aliphatic carboxylic acids is 1. The lowest BCUT2D eigenvalue weighted by Gasteiger charge is -2.20. The number of Topliss-reactive ketones (excluding diaryl/α,β-unsaturated/α-hetero) is 1. The van der Waals surface area contributed by atoms with E-state index in [4.69, 9.17) is 37.4 Å². The van der Waals surface area contributed by atoms with Gasteiger partial charge >= 0.3 is 5.97 Å². The van der Waals surface area contributed by atoms with Crippen molar-refractivity contribution < 1.29 is 28.9 Å². The van der Waals surface area contributed by atoms with Crippen LogP contribution in [0.15, 0.2) is 60.7 Å². The molecule has 1 saturated heterocycles. The van der Waals surface area contributed by atoms with Gasteiger partial charge in [-0.05, 0) is 79.1 Å². The van der Waals surface area contributed by atoms with Gasteiger partial charge in [0.15, 0.2) is 0 Å². The van der Waals surface area contributed by atoms with Crippen molar-refractivity contribution >= 4 is 35.0 Å². The summed E-state index contributed by atoms with van der Waals surface area (Å²) in [6.45, 7) is 3.14. The Labute approximate surface area is 314 Å². The quantitative estimate of drug-likeness (QED) is 0.140. The molecule has 272 valence electrons. The second-order valence-electron chi connectivity index (χ2n) is 14.0. The molecule has 3 aromatic carbocycles. The molecule has 2 fully saturated rings. The maximum absolute atomic E-state index is 11.7. The molecule has 3 aliphatic rings. The Balaban J connectivity index is 1.08. The topological polar surface area (TPSA) is 110 Å². The number of carbonyl (C=O) groups is 2. The van der Waals surface area contributed by atoms with Gasteiger partial charge in [0.05, 0.1) is 25.2 Å². The van der Waals surface area contributed by atoms with E-state index >= 15 is 0 Å². The van der Waals surface area contributed by atoms with Gasteiger partial charge in [-0.1, -0.05) is 71.7 Å². The maximum Gasteiger partial charge on any atom is 0.307 e. The zero-order valence-corrected chi connectivity index (χ0v) is 30.9. The summed E-state index contributed by atoms with van der Waals surface area (Å²) in [7, 11) is 3.24. The van der Waals surface area contributed by atoms with Crippen LogP contribution >= 0.6 is 23.2 Å². The number of carbonyl (C=O) groups excluding carboxylic acids is 1. The maximum atomic E-state index is 11.7. The van der Waals surface area contributed by atoms with Crippen molar-refractivity contribution in [1.82, 2.24) is 15.2 Å². The third-order valence-electron chi connectivity index (χ3n) is 10.6. The summed E-state index contributed by atoms with van der Waals surface area (Å²) in [5.74, 6) is 1.14. The van der Waals surface area contributed by atoms with Crippen molar-refractivity contribution in [3.8, 4) is 39.8 Å². The Hall–Kier alpha value is -4.15. The minimum atomic E-state index is -0.769. The molecular formula is C41H43Cl2N3O6. The third-order valence-corrected chi connectivity index (χ3v) is 11.3. The number of carboxylic acids is 1. The SMILES string of the molecule is COc1cc(-c2cccc(-c3cccc4c3CC[C@@H]4Oc3nc(OC)c(CN4CC[C@@H](C(=O)O)C4)cc3Cl)c2Cl)ccc1CNC[C@@H]1CCC(=O)C1. The van der Waals surface area contributed by atoms with E-state index in [1.54, 1.807) is 14.2 Å². The molecule has 0 bridgehead atoms. The van der Waals surface area contributed by atoms with Crippen LogP contribution in [-0.4, -0.2) is 60.6 Å². The van der Waals surface area contributed by atoms with Crippen LogP contribution in [-0.2, 0) is 29.1 Å². The van der Waals surface area contributed by atoms with Crippen LogP contribution in [0.4, 0.5) is 0 Å². The van der Waals surface area contributed by atoms with Crippen LogP contribution in [0.25, 0.3) is 22.3 Å². The number of benzene rings is 3. The van der Waals surface area contributed by atoms with Crippen LogP contribution in [0.2, 0.25) is 10.0 Å². The predicted molar refractivity (Wildman–Crippen MR) is 201 cm³/mol. The van der Waals surface area contributed by atoms with Gasteiger partial charge in [0.1, 0.15) is 22.7 Å². The van der Waals surface area contributed by atoms with Gasteiger partial charge in [0.25, 0.3) is 0 Å². The summed E-state index contributed by atoms with van der Waals surface area (Å²) >= 11 is 14.0. The minimum absolute atomic E-state index is 0.257. The van der Waals surface area contributed by atoms with Crippen LogP contribution in [0, 0.1) is 11.8 Å². The number of methoxy groups -OCH3 is 2. The van der Waals surface area contributed by atoms with Crippen LogP contribution in [0.5, 0.6) is 17.5 Å². The zero-order valence-electron chi connectivity index (χ0n) is 29.4. The molecule has 9 nitrogen and oxygen atoms in total. The number of nitrogens with one attached hydrogen (secondary N) is 1. The fourth-order valence-corrected chi connectivity index (χ4v) is 8.46. The minimum Gasteiger partial charge on any atom is -0.496 e. The molecule has 0 unspecified atom stereocenters. The molecule has 0 radical (unpaired) electrons. The fourth-order valence-electron chi connectivity index (χ4n) is 7.91. The summed E-state index contributed by atoms with van der Waals surface area (Å²) in [4.78, 5) is 29.8. The van der Waals surface area contributed by atoms with Crippen molar-refractivity contribution in [2.45, 2.75) is 57.7 Å². The van der Waals surface area contributed by atoms with Gasteiger partial charge in [-0.2, -0.15) is 4.98 Å². The van der Waals surface area contributed by atoms with Crippen molar-refractivity contribution in [1.29, 1.82) is 0 Å². The number of likely N-dealkylation sites (tertiary alicyclic amines) is 1. The number of pyridine rings is 1. The number of rotatable bonds is 13. The molecule has 0 spiro atoms. The van der Waals surface area contributed by atoms with E-state index in [1.165, 1.54) is 5.56 Å². The zero-order chi connectivity index (χ0) is 36.4. The van der Waals surface area contributed by atoms with E-state index < -0.39 is 5.97 Å². The van der Waals surface area contributed by atoms with Gasteiger partial charge in [0.2, 0.25) is 11.8 Å². The number of ether oxygens (including phenoxy) is 3. The molecule has 4 aromatic rings. The van der Waals surface area contributed by atoms with Gasteiger partial charge in [0, 0.05) is 54.7 Å². The lowest BCUT2D eigenvalue weighted by Crippen LogP contribution is -2.23. The van der Waals surface area contributed by atoms with E-state index in [-0.39, 0.29) is 12.0 Å². The standard InChI is InChI=1S/C41H43Cl2N3O6/c1-50-37-19-25(10-11-26(37)21-44-20-24-9-12-29(47)17-24)30-5-3-8-34(38(30)43)31-6-4-7-33-32(31)13-14-36(33)52-40-35(42)18-28(39(45-40)51-2)23-46-16-15-27(22-46)41(48)49/h3-8,10-11,18-19,24,27,36,44H,9,12-17,20-23H2,1-2H3,(H,48,49)/t24-,27-,36+/m1/s1. The molecule has 2 heterocycles. The summed E-state index contributed by atoms with van der Waals surface area (Å²) in [6.07, 6.45) is 4.23. The van der Waals surface area contributed by atoms with Gasteiger partial charge in [-0.3, -0.25) is 14.5 Å². The van der Waals surface area contributed by atoms with E-state index in [0.717, 1.165) is 70.5 Å². The number of hydrogen-bond acceptors (Lipinski definition) is 8. The first-order chi connectivity index (χ1) is 25.2. The first kappa shape index (κ1) is 36.2. The molecule has 7 rings (SSSR count).